The average Bonchev–Trinajstić information content (AvgIpc) is 2.52. The number of sulfonamides is 1. The number of carboxylic acids is 1. The van der Waals surface area contributed by atoms with E-state index in [9.17, 15) is 26.4 Å². The van der Waals surface area contributed by atoms with Crippen LogP contribution in [0.4, 0.5) is 13.2 Å². The lowest BCUT2D eigenvalue weighted by Crippen LogP contribution is -2.45. The van der Waals surface area contributed by atoms with Gasteiger partial charge in [-0.2, -0.15) is 17.5 Å². The van der Waals surface area contributed by atoms with E-state index >= 15 is 0 Å². The molecule has 140 valence electrons. The molecule has 1 saturated heterocycles. The quantitative estimate of drug-likeness (QED) is 0.834. The molecule has 1 aromatic rings. The van der Waals surface area contributed by atoms with Crippen molar-refractivity contribution in [1.82, 2.24) is 9.29 Å². The zero-order valence-corrected chi connectivity index (χ0v) is 14.0. The van der Waals surface area contributed by atoms with Crippen LogP contribution < -0.4 is 4.74 Å². The Labute approximate surface area is 142 Å². The summed E-state index contributed by atoms with van der Waals surface area (Å²) in [7, 11) is -3.99. The summed E-state index contributed by atoms with van der Waals surface area (Å²) in [5.41, 5.74) is 0. The number of hydrogen-bond donors (Lipinski definition) is 1. The van der Waals surface area contributed by atoms with Crippen molar-refractivity contribution in [2.24, 2.45) is 11.8 Å². The van der Waals surface area contributed by atoms with E-state index in [0.29, 0.717) is 6.42 Å². The van der Waals surface area contributed by atoms with E-state index in [1.54, 1.807) is 6.92 Å². The van der Waals surface area contributed by atoms with Gasteiger partial charge >= 0.3 is 12.1 Å². The van der Waals surface area contributed by atoms with E-state index in [-0.39, 0.29) is 29.8 Å². The van der Waals surface area contributed by atoms with Crippen molar-refractivity contribution in [3.8, 4) is 5.88 Å². The number of alkyl halides is 3. The minimum Gasteiger partial charge on any atom is -0.481 e. The Balaban J connectivity index is 2.14. The molecular formula is C14H17F3N2O5S. The predicted octanol–water partition coefficient (Wildman–Crippen LogP) is 1.75. The van der Waals surface area contributed by atoms with Crippen LogP contribution in [-0.4, -0.2) is 54.7 Å². The van der Waals surface area contributed by atoms with Crippen LogP contribution in [0.5, 0.6) is 5.88 Å². The first-order valence-corrected chi connectivity index (χ1v) is 8.81. The molecular weight excluding hydrogens is 365 g/mol. The lowest BCUT2D eigenvalue weighted by Gasteiger charge is -2.33. The van der Waals surface area contributed by atoms with Gasteiger partial charge in [-0.15, -0.1) is 0 Å². The predicted molar refractivity (Wildman–Crippen MR) is 79.5 cm³/mol. The van der Waals surface area contributed by atoms with Gasteiger partial charge in [-0.3, -0.25) is 4.79 Å². The second-order valence-electron chi connectivity index (χ2n) is 5.93. The first-order chi connectivity index (χ1) is 11.5. The summed E-state index contributed by atoms with van der Waals surface area (Å²) >= 11 is 0. The monoisotopic (exact) mass is 382 g/mol. The average molecular weight is 382 g/mol. The molecule has 0 saturated carbocycles. The first-order valence-electron chi connectivity index (χ1n) is 7.37. The van der Waals surface area contributed by atoms with E-state index in [0.717, 1.165) is 22.6 Å². The van der Waals surface area contributed by atoms with Crippen molar-refractivity contribution in [2.75, 3.05) is 19.7 Å². The number of hydrogen-bond acceptors (Lipinski definition) is 5. The lowest BCUT2D eigenvalue weighted by atomic mass is 9.92. The van der Waals surface area contributed by atoms with Gasteiger partial charge in [-0.25, -0.2) is 13.4 Å². The van der Waals surface area contributed by atoms with Gasteiger partial charge in [0.25, 0.3) is 0 Å². The minimum absolute atomic E-state index is 0.132. The largest absolute Gasteiger partial charge is 0.481 e. The van der Waals surface area contributed by atoms with Crippen LogP contribution in [0.1, 0.15) is 13.3 Å². The number of pyridine rings is 1. The highest BCUT2D eigenvalue weighted by Crippen LogP contribution is 2.27. The fraction of sp³-hybridized carbons (Fsp3) is 0.571. The Morgan fingerprint density at radius 3 is 2.60 bits per heavy atom. The van der Waals surface area contributed by atoms with Gasteiger partial charge in [0.1, 0.15) is 4.90 Å². The molecule has 1 aliphatic rings. The SMILES string of the molecule is CC1CC(C(=O)O)CN(S(=O)(=O)c2ccc(OCC(F)(F)F)nc2)C1. The van der Waals surface area contributed by atoms with E-state index < -0.39 is 34.7 Å². The number of ether oxygens (including phenoxy) is 1. The van der Waals surface area contributed by atoms with Crippen molar-refractivity contribution >= 4 is 16.0 Å². The van der Waals surface area contributed by atoms with Crippen molar-refractivity contribution in [3.63, 3.8) is 0 Å². The Bertz CT molecular complexity index is 721. The summed E-state index contributed by atoms with van der Waals surface area (Å²) in [6, 6.07) is 2.11. The van der Waals surface area contributed by atoms with Crippen molar-refractivity contribution in [1.29, 1.82) is 0 Å². The van der Waals surface area contributed by atoms with Gasteiger partial charge in [0, 0.05) is 19.2 Å². The summed E-state index contributed by atoms with van der Waals surface area (Å²) in [6.45, 7) is 0.229. The molecule has 2 unspecified atom stereocenters. The van der Waals surface area contributed by atoms with Gasteiger partial charge in [-0.05, 0) is 18.4 Å². The van der Waals surface area contributed by atoms with Crippen LogP contribution in [-0.2, 0) is 14.8 Å². The van der Waals surface area contributed by atoms with E-state index in [4.69, 9.17) is 5.11 Å². The number of piperidine rings is 1. The molecule has 1 aromatic heterocycles. The third-order valence-corrected chi connectivity index (χ3v) is 5.52. The number of carbonyl (C=O) groups is 1. The number of carboxylic acid groups (broad SMARTS) is 1. The van der Waals surface area contributed by atoms with Gasteiger partial charge in [0.05, 0.1) is 12.1 Å². The molecule has 0 bridgehead atoms. The zero-order valence-electron chi connectivity index (χ0n) is 13.2. The van der Waals surface area contributed by atoms with Gasteiger partial charge in [0.15, 0.2) is 6.61 Å². The zero-order chi connectivity index (χ0) is 18.8. The fourth-order valence-electron chi connectivity index (χ4n) is 2.59. The molecule has 1 N–H and O–H groups in total. The molecule has 1 fully saturated rings. The smallest absolute Gasteiger partial charge is 0.422 e. The van der Waals surface area contributed by atoms with E-state index in [1.807, 2.05) is 0 Å². The fourth-order valence-corrected chi connectivity index (χ4v) is 4.14. The molecule has 25 heavy (non-hydrogen) atoms. The van der Waals surface area contributed by atoms with Crippen LogP contribution in [0.3, 0.4) is 0 Å². The Morgan fingerprint density at radius 2 is 2.08 bits per heavy atom. The normalized spacial score (nSPS) is 22.6. The van der Waals surface area contributed by atoms with Crippen LogP contribution in [0.2, 0.25) is 0 Å². The Hall–Kier alpha value is -1.88. The molecule has 2 rings (SSSR count). The summed E-state index contributed by atoms with van der Waals surface area (Å²) < 4.78 is 67.0. The van der Waals surface area contributed by atoms with E-state index in [2.05, 4.69) is 9.72 Å². The molecule has 0 spiro atoms. The molecule has 1 aliphatic heterocycles. The summed E-state index contributed by atoms with van der Waals surface area (Å²) in [4.78, 5) is 14.5. The molecule has 2 atom stereocenters. The number of aromatic nitrogens is 1. The molecule has 0 aliphatic carbocycles. The van der Waals surface area contributed by atoms with Crippen LogP contribution in [0.25, 0.3) is 0 Å². The van der Waals surface area contributed by atoms with Crippen molar-refractivity contribution in [3.05, 3.63) is 18.3 Å². The van der Waals surface area contributed by atoms with Crippen LogP contribution in [0, 0.1) is 11.8 Å². The van der Waals surface area contributed by atoms with Crippen LogP contribution >= 0.6 is 0 Å². The lowest BCUT2D eigenvalue weighted by molar-refractivity contribution is -0.154. The highest BCUT2D eigenvalue weighted by molar-refractivity contribution is 7.89. The van der Waals surface area contributed by atoms with Crippen LogP contribution in [0.15, 0.2) is 23.2 Å². The Kier molecular flexibility index (Phi) is 5.57. The summed E-state index contributed by atoms with van der Waals surface area (Å²) in [5.74, 6) is -2.36. The topological polar surface area (TPSA) is 96.8 Å². The second kappa shape index (κ2) is 7.16. The summed E-state index contributed by atoms with van der Waals surface area (Å²) in [6.07, 6.45) is -3.25. The van der Waals surface area contributed by atoms with Gasteiger partial charge in [-0.1, -0.05) is 6.92 Å². The molecule has 0 aromatic carbocycles. The molecule has 7 nitrogen and oxygen atoms in total. The van der Waals surface area contributed by atoms with Gasteiger partial charge in [0.2, 0.25) is 15.9 Å². The van der Waals surface area contributed by atoms with Crippen molar-refractivity contribution in [2.45, 2.75) is 24.4 Å². The molecule has 2 heterocycles. The third-order valence-electron chi connectivity index (χ3n) is 3.71. The van der Waals surface area contributed by atoms with Gasteiger partial charge < -0.3 is 9.84 Å². The molecule has 11 heteroatoms. The highest BCUT2D eigenvalue weighted by Gasteiger charge is 2.36. The second-order valence-corrected chi connectivity index (χ2v) is 7.87. The summed E-state index contributed by atoms with van der Waals surface area (Å²) in [5, 5.41) is 9.13. The van der Waals surface area contributed by atoms with E-state index in [1.165, 1.54) is 0 Å². The maximum Gasteiger partial charge on any atom is 0.422 e. The maximum atomic E-state index is 12.6. The van der Waals surface area contributed by atoms with Crippen molar-refractivity contribution < 1.29 is 36.2 Å². The standard InChI is InChI=1S/C14H17F3N2O5S/c1-9-4-10(13(20)21)7-19(6-9)25(22,23)11-2-3-12(18-5-11)24-8-14(15,16)17/h2-3,5,9-10H,4,6-8H2,1H3,(H,20,21). The highest BCUT2D eigenvalue weighted by atomic mass is 32.2. The molecule has 0 amide bonds. The maximum absolute atomic E-state index is 12.6. The minimum atomic E-state index is -4.53. The Morgan fingerprint density at radius 1 is 1.40 bits per heavy atom. The number of aliphatic carboxylic acids is 1. The molecule has 0 radical (unpaired) electrons. The number of nitrogens with zero attached hydrogens (tertiary/aromatic N) is 2. The first kappa shape index (κ1) is 19.4. The number of halogens is 3. The third kappa shape index (κ3) is 5.05. The number of rotatable bonds is 5.